The Bertz CT molecular complexity index is 709. The summed E-state index contributed by atoms with van der Waals surface area (Å²) in [7, 11) is 0. The van der Waals surface area contributed by atoms with Crippen LogP contribution in [0.2, 0.25) is 0 Å². The summed E-state index contributed by atoms with van der Waals surface area (Å²) in [5.74, 6) is -0.0402. The van der Waals surface area contributed by atoms with Gasteiger partial charge in [-0.05, 0) is 36.3 Å². The van der Waals surface area contributed by atoms with Crippen molar-refractivity contribution >= 4 is 46.0 Å². The van der Waals surface area contributed by atoms with Gasteiger partial charge >= 0.3 is 0 Å². The maximum Gasteiger partial charge on any atom is 0.266 e. The molecule has 0 spiro atoms. The zero-order chi connectivity index (χ0) is 17.1. The minimum absolute atomic E-state index is 0.0402. The molecular weight excluding hydrogens is 340 g/mol. The van der Waals surface area contributed by atoms with Gasteiger partial charge in [-0.2, -0.15) is 0 Å². The molecule has 0 bridgehead atoms. The van der Waals surface area contributed by atoms with E-state index in [1.165, 1.54) is 17.4 Å². The highest BCUT2D eigenvalue weighted by Crippen LogP contribution is 2.33. The first kappa shape index (κ1) is 17.2. The molecule has 4 nitrogen and oxygen atoms in total. The number of thioether (sulfide) groups is 1. The lowest BCUT2D eigenvalue weighted by atomic mass is 10.1. The third kappa shape index (κ3) is 3.55. The van der Waals surface area contributed by atoms with Gasteiger partial charge in [0, 0.05) is 25.3 Å². The summed E-state index contributed by atoms with van der Waals surface area (Å²) in [5.41, 5.74) is 3.39. The Morgan fingerprint density at radius 2 is 2.12 bits per heavy atom. The number of benzene rings is 1. The number of aryl methyl sites for hydroxylation is 1. The summed E-state index contributed by atoms with van der Waals surface area (Å²) in [6, 6.07) is 6.34. The zero-order valence-electron chi connectivity index (χ0n) is 13.7. The quantitative estimate of drug-likeness (QED) is 0.468. The fourth-order valence-corrected chi connectivity index (χ4v) is 4.03. The smallest absolute Gasteiger partial charge is 0.266 e. The van der Waals surface area contributed by atoms with Crippen LogP contribution in [0.5, 0.6) is 0 Å². The predicted molar refractivity (Wildman–Crippen MR) is 104 cm³/mol. The lowest BCUT2D eigenvalue weighted by Gasteiger charge is -2.29. The number of hydrogen-bond acceptors (Lipinski definition) is 5. The van der Waals surface area contributed by atoms with Crippen molar-refractivity contribution in [2.45, 2.75) is 6.92 Å². The first-order valence-corrected chi connectivity index (χ1v) is 9.12. The molecule has 0 saturated carbocycles. The summed E-state index contributed by atoms with van der Waals surface area (Å²) < 4.78 is 5.99. The minimum atomic E-state index is -0.0402. The summed E-state index contributed by atoms with van der Waals surface area (Å²) in [6.45, 7) is 9.57. The standard InChI is InChI=1S/C18H20N2O2S2/c1-3-6-20-17(21)16(24-18(20)23)12-14-4-5-15(11-13(14)2)19-7-9-22-10-8-19/h3-5,11-12H,1,6-10H2,2H3. The molecule has 0 radical (unpaired) electrons. The molecule has 2 aliphatic heterocycles. The number of nitrogens with zero attached hydrogens (tertiary/aromatic N) is 2. The van der Waals surface area contributed by atoms with Crippen molar-refractivity contribution in [3.63, 3.8) is 0 Å². The van der Waals surface area contributed by atoms with Gasteiger partial charge in [0.25, 0.3) is 5.91 Å². The van der Waals surface area contributed by atoms with Crippen molar-refractivity contribution in [1.82, 2.24) is 4.90 Å². The highest BCUT2D eigenvalue weighted by molar-refractivity contribution is 8.26. The molecule has 1 amide bonds. The number of hydrogen-bond donors (Lipinski definition) is 0. The van der Waals surface area contributed by atoms with E-state index < -0.39 is 0 Å². The van der Waals surface area contributed by atoms with E-state index in [0.29, 0.717) is 15.8 Å². The molecule has 0 N–H and O–H groups in total. The molecular formula is C18H20N2O2S2. The van der Waals surface area contributed by atoms with Gasteiger partial charge in [-0.3, -0.25) is 9.69 Å². The second-order valence-electron chi connectivity index (χ2n) is 5.72. The molecule has 0 atom stereocenters. The largest absolute Gasteiger partial charge is 0.378 e. The molecule has 2 saturated heterocycles. The normalized spacial score (nSPS) is 20.1. The van der Waals surface area contributed by atoms with Crippen LogP contribution in [0, 0.1) is 6.92 Å². The molecule has 0 aliphatic carbocycles. The Balaban J connectivity index is 1.81. The van der Waals surface area contributed by atoms with Crippen molar-refractivity contribution < 1.29 is 9.53 Å². The fourth-order valence-electron chi connectivity index (χ4n) is 2.77. The van der Waals surface area contributed by atoms with Gasteiger partial charge in [0.2, 0.25) is 0 Å². The first-order chi connectivity index (χ1) is 11.6. The van der Waals surface area contributed by atoms with Crippen LogP contribution in [0.25, 0.3) is 6.08 Å². The SMILES string of the molecule is C=CCN1C(=O)C(=Cc2ccc(N3CCOCC3)cc2C)SC1=S. The van der Waals surface area contributed by atoms with Crippen LogP contribution < -0.4 is 4.90 Å². The van der Waals surface area contributed by atoms with Crippen LogP contribution in [0.15, 0.2) is 35.8 Å². The van der Waals surface area contributed by atoms with Crippen LogP contribution >= 0.6 is 24.0 Å². The van der Waals surface area contributed by atoms with Crippen molar-refractivity contribution in [3.05, 3.63) is 46.9 Å². The van der Waals surface area contributed by atoms with Gasteiger partial charge in [-0.25, -0.2) is 0 Å². The average Bonchev–Trinajstić information content (AvgIpc) is 2.85. The fraction of sp³-hybridized carbons (Fsp3) is 0.333. The van der Waals surface area contributed by atoms with E-state index in [1.807, 2.05) is 6.08 Å². The van der Waals surface area contributed by atoms with Gasteiger partial charge in [-0.1, -0.05) is 36.1 Å². The van der Waals surface area contributed by atoms with Crippen LogP contribution in [0.4, 0.5) is 5.69 Å². The van der Waals surface area contributed by atoms with Crippen molar-refractivity contribution in [2.75, 3.05) is 37.7 Å². The number of carbonyl (C=O) groups excluding carboxylic acids is 1. The third-order valence-electron chi connectivity index (χ3n) is 4.10. The number of rotatable bonds is 4. The maximum absolute atomic E-state index is 12.4. The Morgan fingerprint density at radius 3 is 2.79 bits per heavy atom. The zero-order valence-corrected chi connectivity index (χ0v) is 15.3. The molecule has 1 aromatic carbocycles. The van der Waals surface area contributed by atoms with E-state index in [0.717, 1.165) is 37.4 Å². The molecule has 2 heterocycles. The molecule has 2 fully saturated rings. The summed E-state index contributed by atoms with van der Waals surface area (Å²) in [5, 5.41) is 0. The van der Waals surface area contributed by atoms with Gasteiger partial charge in [0.05, 0.1) is 18.1 Å². The Labute approximate surface area is 152 Å². The van der Waals surface area contributed by atoms with E-state index >= 15 is 0 Å². The lowest BCUT2D eigenvalue weighted by molar-refractivity contribution is -0.121. The van der Waals surface area contributed by atoms with Crippen molar-refractivity contribution in [2.24, 2.45) is 0 Å². The Hall–Kier alpha value is -1.63. The Morgan fingerprint density at radius 1 is 1.38 bits per heavy atom. The van der Waals surface area contributed by atoms with Crippen LogP contribution in [0.1, 0.15) is 11.1 Å². The molecule has 1 aromatic rings. The van der Waals surface area contributed by atoms with E-state index in [9.17, 15) is 4.79 Å². The number of amides is 1. The van der Waals surface area contributed by atoms with Crippen LogP contribution in [-0.4, -0.2) is 48.0 Å². The molecule has 126 valence electrons. The maximum atomic E-state index is 12.4. The van der Waals surface area contributed by atoms with E-state index in [1.54, 1.807) is 11.0 Å². The van der Waals surface area contributed by atoms with E-state index in [4.69, 9.17) is 17.0 Å². The molecule has 6 heteroatoms. The van der Waals surface area contributed by atoms with Gasteiger partial charge in [0.1, 0.15) is 4.32 Å². The van der Waals surface area contributed by atoms with Crippen LogP contribution in [0.3, 0.4) is 0 Å². The number of anilines is 1. The lowest BCUT2D eigenvalue weighted by Crippen LogP contribution is -2.36. The molecule has 0 aromatic heterocycles. The molecule has 2 aliphatic rings. The Kier molecular flexibility index (Phi) is 5.38. The highest BCUT2D eigenvalue weighted by atomic mass is 32.2. The third-order valence-corrected chi connectivity index (χ3v) is 5.48. The van der Waals surface area contributed by atoms with E-state index in [2.05, 4.69) is 36.6 Å². The van der Waals surface area contributed by atoms with Gasteiger partial charge < -0.3 is 9.64 Å². The monoisotopic (exact) mass is 360 g/mol. The number of carbonyl (C=O) groups is 1. The van der Waals surface area contributed by atoms with E-state index in [-0.39, 0.29) is 5.91 Å². The van der Waals surface area contributed by atoms with Gasteiger partial charge in [0.15, 0.2) is 0 Å². The summed E-state index contributed by atoms with van der Waals surface area (Å²) >= 11 is 6.63. The average molecular weight is 361 g/mol. The number of ether oxygens (including phenoxy) is 1. The molecule has 0 unspecified atom stereocenters. The number of thiocarbonyl (C=S) groups is 1. The summed E-state index contributed by atoms with van der Waals surface area (Å²) in [6.07, 6.45) is 3.62. The van der Waals surface area contributed by atoms with Crippen molar-refractivity contribution in [3.8, 4) is 0 Å². The molecule has 24 heavy (non-hydrogen) atoms. The summed E-state index contributed by atoms with van der Waals surface area (Å²) in [4.78, 5) is 17.0. The number of morpholine rings is 1. The topological polar surface area (TPSA) is 32.8 Å². The predicted octanol–water partition coefficient (Wildman–Crippen LogP) is 3.22. The highest BCUT2D eigenvalue weighted by Gasteiger charge is 2.31. The van der Waals surface area contributed by atoms with Crippen LogP contribution in [-0.2, 0) is 9.53 Å². The minimum Gasteiger partial charge on any atom is -0.378 e. The molecule has 3 rings (SSSR count). The first-order valence-electron chi connectivity index (χ1n) is 7.90. The second-order valence-corrected chi connectivity index (χ2v) is 7.40. The second kappa shape index (κ2) is 7.51. The van der Waals surface area contributed by atoms with Crippen molar-refractivity contribution in [1.29, 1.82) is 0 Å². The van der Waals surface area contributed by atoms with Gasteiger partial charge in [-0.15, -0.1) is 6.58 Å².